The van der Waals surface area contributed by atoms with E-state index in [2.05, 4.69) is 78.2 Å². The van der Waals surface area contributed by atoms with E-state index in [-0.39, 0.29) is 0 Å². The Kier molecular flexibility index (Phi) is 7.07. The third kappa shape index (κ3) is 4.94. The van der Waals surface area contributed by atoms with Crippen LogP contribution in [0.5, 0.6) is 5.75 Å². The Balaban J connectivity index is 1.33. The van der Waals surface area contributed by atoms with Crippen molar-refractivity contribution in [3.63, 3.8) is 0 Å². The van der Waals surface area contributed by atoms with Gasteiger partial charge in [-0.25, -0.2) is 0 Å². The van der Waals surface area contributed by atoms with Crippen LogP contribution < -0.4 is 21.1 Å². The molecule has 5 nitrogen and oxygen atoms in total. The van der Waals surface area contributed by atoms with Crippen LogP contribution in [-0.4, -0.2) is 37.8 Å². The number of hydrogen-bond donors (Lipinski definition) is 3. The summed E-state index contributed by atoms with van der Waals surface area (Å²) in [5.74, 6) is 2.12. The number of rotatable bonds is 8. The van der Waals surface area contributed by atoms with E-state index in [1.807, 2.05) is 13.0 Å². The van der Waals surface area contributed by atoms with Crippen molar-refractivity contribution in [2.75, 3.05) is 32.6 Å². The molecule has 2 aromatic carbocycles. The molecule has 1 unspecified atom stereocenters. The van der Waals surface area contributed by atoms with E-state index in [0.29, 0.717) is 18.4 Å². The molecule has 1 aliphatic carbocycles. The topological polar surface area (TPSA) is 62.6 Å². The van der Waals surface area contributed by atoms with Crippen LogP contribution in [0.25, 0.3) is 5.70 Å². The van der Waals surface area contributed by atoms with Gasteiger partial charge < -0.3 is 26.0 Å². The van der Waals surface area contributed by atoms with Crippen LogP contribution in [0.2, 0.25) is 0 Å². The van der Waals surface area contributed by atoms with Gasteiger partial charge >= 0.3 is 0 Å². The molecular formula is C27H38N4O. The summed E-state index contributed by atoms with van der Waals surface area (Å²) in [6, 6.07) is 16.8. The maximum atomic E-state index is 7.00. The van der Waals surface area contributed by atoms with Crippen LogP contribution in [0, 0.1) is 11.8 Å². The van der Waals surface area contributed by atoms with E-state index in [1.165, 1.54) is 29.7 Å². The van der Waals surface area contributed by atoms with Gasteiger partial charge in [-0.2, -0.15) is 0 Å². The summed E-state index contributed by atoms with van der Waals surface area (Å²) in [5.41, 5.74) is 11.3. The van der Waals surface area contributed by atoms with Gasteiger partial charge in [0.05, 0.1) is 6.61 Å². The molecule has 0 spiro atoms. The molecule has 1 fully saturated rings. The number of nitrogens with zero attached hydrogens (tertiary/aromatic N) is 1. The molecule has 172 valence electrons. The Morgan fingerprint density at radius 3 is 2.53 bits per heavy atom. The molecule has 0 saturated heterocycles. The molecule has 4 N–H and O–H groups in total. The number of nitrogens with two attached hydrogens (primary N) is 1. The second-order valence-corrected chi connectivity index (χ2v) is 9.42. The van der Waals surface area contributed by atoms with Gasteiger partial charge in [0.2, 0.25) is 0 Å². The van der Waals surface area contributed by atoms with E-state index in [0.717, 1.165) is 37.4 Å². The minimum absolute atomic E-state index is 0.431. The fourth-order valence-electron chi connectivity index (χ4n) is 5.18. The van der Waals surface area contributed by atoms with Crippen molar-refractivity contribution in [3.8, 4) is 5.75 Å². The number of ether oxygens (including phenoxy) is 1. The van der Waals surface area contributed by atoms with E-state index < -0.39 is 5.66 Å². The zero-order valence-electron chi connectivity index (χ0n) is 19.7. The molecule has 1 aliphatic heterocycles. The summed E-state index contributed by atoms with van der Waals surface area (Å²) < 4.78 is 5.75. The third-order valence-electron chi connectivity index (χ3n) is 6.95. The van der Waals surface area contributed by atoms with E-state index in [1.54, 1.807) is 0 Å². The molecule has 2 aromatic rings. The predicted molar refractivity (Wildman–Crippen MR) is 133 cm³/mol. The highest BCUT2D eigenvalue weighted by Crippen LogP contribution is 2.41. The number of hydrogen-bond acceptors (Lipinski definition) is 5. The van der Waals surface area contributed by atoms with E-state index >= 15 is 0 Å². The second-order valence-electron chi connectivity index (χ2n) is 9.42. The molecular weight excluding hydrogens is 396 g/mol. The first kappa shape index (κ1) is 22.7. The second kappa shape index (κ2) is 9.97. The summed E-state index contributed by atoms with van der Waals surface area (Å²) in [5, 5.41) is 7.33. The maximum absolute atomic E-state index is 7.00. The van der Waals surface area contributed by atoms with Crippen molar-refractivity contribution in [1.82, 2.24) is 10.2 Å². The average molecular weight is 435 g/mol. The van der Waals surface area contributed by atoms with Gasteiger partial charge in [0.25, 0.3) is 0 Å². The Hall–Kier alpha value is -2.50. The van der Waals surface area contributed by atoms with Crippen LogP contribution >= 0.6 is 0 Å². The van der Waals surface area contributed by atoms with E-state index in [9.17, 15) is 0 Å². The summed E-state index contributed by atoms with van der Waals surface area (Å²) >= 11 is 0. The van der Waals surface area contributed by atoms with Gasteiger partial charge in [-0.1, -0.05) is 36.4 Å². The largest absolute Gasteiger partial charge is 0.494 e. The SMILES string of the molecule is CCOc1ccccc1CNCC1CCC(C2(N)C=C(N(C)C)c3ccccc3N2)CC1. The number of nitrogens with one attached hydrogen (secondary N) is 2. The highest BCUT2D eigenvalue weighted by Gasteiger charge is 2.39. The van der Waals surface area contributed by atoms with Crippen molar-refractivity contribution in [1.29, 1.82) is 0 Å². The molecule has 1 heterocycles. The van der Waals surface area contributed by atoms with Crippen LogP contribution in [0.3, 0.4) is 0 Å². The van der Waals surface area contributed by atoms with Gasteiger partial charge in [-0.05, 0) is 69.2 Å². The zero-order chi connectivity index (χ0) is 22.6. The Morgan fingerprint density at radius 1 is 1.06 bits per heavy atom. The Bertz CT molecular complexity index is 933. The fraction of sp³-hybridized carbons (Fsp3) is 0.481. The number of fused-ring (bicyclic) bond motifs is 1. The molecule has 1 atom stereocenters. The molecule has 32 heavy (non-hydrogen) atoms. The lowest BCUT2D eigenvalue weighted by Gasteiger charge is -2.44. The van der Waals surface area contributed by atoms with Crippen LogP contribution in [0.4, 0.5) is 5.69 Å². The van der Waals surface area contributed by atoms with Crippen LogP contribution in [0.1, 0.15) is 43.7 Å². The molecule has 2 aliphatic rings. The fourth-order valence-corrected chi connectivity index (χ4v) is 5.18. The smallest absolute Gasteiger partial charge is 0.123 e. The molecule has 0 aromatic heterocycles. The standard InChI is InChI=1S/C27H38N4O/c1-4-32-26-12-8-5-9-21(26)19-29-18-20-13-15-22(16-14-20)27(28)17-25(31(2)3)23-10-6-7-11-24(23)30-27/h5-12,17,20,22,29-30H,4,13-16,18-19,28H2,1-3H3. The molecule has 0 radical (unpaired) electrons. The highest BCUT2D eigenvalue weighted by atomic mass is 16.5. The maximum Gasteiger partial charge on any atom is 0.123 e. The Morgan fingerprint density at radius 2 is 1.78 bits per heavy atom. The lowest BCUT2D eigenvalue weighted by atomic mass is 9.74. The van der Waals surface area contributed by atoms with E-state index in [4.69, 9.17) is 10.5 Å². The lowest BCUT2D eigenvalue weighted by molar-refractivity contribution is 0.214. The molecule has 0 bridgehead atoms. The summed E-state index contributed by atoms with van der Waals surface area (Å²) in [7, 11) is 4.20. The number of anilines is 1. The van der Waals surface area contributed by atoms with Crippen molar-refractivity contribution < 1.29 is 4.74 Å². The monoisotopic (exact) mass is 434 g/mol. The quantitative estimate of drug-likeness (QED) is 0.564. The number of benzene rings is 2. The first-order chi connectivity index (χ1) is 15.5. The molecule has 4 rings (SSSR count). The molecule has 0 amide bonds. The van der Waals surface area contributed by atoms with Gasteiger partial charge in [0.1, 0.15) is 11.4 Å². The number of para-hydroxylation sites is 2. The molecule has 5 heteroatoms. The van der Waals surface area contributed by atoms with Crippen molar-refractivity contribution in [2.24, 2.45) is 17.6 Å². The zero-order valence-corrected chi connectivity index (χ0v) is 19.7. The minimum Gasteiger partial charge on any atom is -0.494 e. The summed E-state index contributed by atoms with van der Waals surface area (Å²) in [6.07, 6.45) is 6.95. The van der Waals surface area contributed by atoms with Gasteiger partial charge in [0, 0.05) is 43.2 Å². The lowest BCUT2D eigenvalue weighted by Crippen LogP contribution is -2.55. The van der Waals surface area contributed by atoms with Gasteiger partial charge in [0.15, 0.2) is 0 Å². The average Bonchev–Trinajstić information content (AvgIpc) is 2.80. The van der Waals surface area contributed by atoms with Crippen LogP contribution in [0.15, 0.2) is 54.6 Å². The third-order valence-corrected chi connectivity index (χ3v) is 6.95. The summed E-state index contributed by atoms with van der Waals surface area (Å²) in [4.78, 5) is 2.18. The minimum atomic E-state index is -0.497. The van der Waals surface area contributed by atoms with Gasteiger partial charge in [-0.3, -0.25) is 0 Å². The van der Waals surface area contributed by atoms with Crippen molar-refractivity contribution >= 4 is 11.4 Å². The molecule has 1 saturated carbocycles. The Labute approximate surface area is 193 Å². The van der Waals surface area contributed by atoms with Crippen molar-refractivity contribution in [2.45, 2.75) is 44.8 Å². The highest BCUT2D eigenvalue weighted by molar-refractivity contribution is 5.80. The first-order valence-corrected chi connectivity index (χ1v) is 12.0. The van der Waals surface area contributed by atoms with Gasteiger partial charge in [-0.15, -0.1) is 0 Å². The van der Waals surface area contributed by atoms with Crippen LogP contribution in [-0.2, 0) is 6.54 Å². The predicted octanol–water partition coefficient (Wildman–Crippen LogP) is 4.66. The normalized spacial score (nSPS) is 24.8. The van der Waals surface area contributed by atoms with Crippen molar-refractivity contribution in [3.05, 3.63) is 65.7 Å². The summed E-state index contributed by atoms with van der Waals surface area (Å²) in [6.45, 7) is 4.62. The first-order valence-electron chi connectivity index (χ1n) is 12.0.